The van der Waals surface area contributed by atoms with Gasteiger partial charge in [-0.25, -0.2) is 4.79 Å². The van der Waals surface area contributed by atoms with Gasteiger partial charge in [0.1, 0.15) is 12.0 Å². The molecule has 0 saturated carbocycles. The molecule has 3 rings (SSSR count). The van der Waals surface area contributed by atoms with Crippen LogP contribution in [0.25, 0.3) is 0 Å². The predicted molar refractivity (Wildman–Crippen MR) is 77.2 cm³/mol. The molecule has 6 nitrogen and oxygen atoms in total. The quantitative estimate of drug-likeness (QED) is 0.923. The zero-order valence-corrected chi connectivity index (χ0v) is 12.2. The summed E-state index contributed by atoms with van der Waals surface area (Å²) in [4.78, 5) is 25.5. The summed E-state index contributed by atoms with van der Waals surface area (Å²) >= 11 is 0. The molecule has 0 aliphatic carbocycles. The standard InChI is InChI=1S/C16H19NO5/c18-14(19)16-7-4-8-17(13(16)10-21-11-16)15(20)22-9-12-5-2-1-3-6-12/h1-3,5-6,13H,4,7-11H2,(H,18,19)/t13-,16+/m0/s1. The van der Waals surface area contributed by atoms with Gasteiger partial charge in [0.25, 0.3) is 0 Å². The van der Waals surface area contributed by atoms with E-state index in [0.717, 1.165) is 5.56 Å². The van der Waals surface area contributed by atoms with Crippen molar-refractivity contribution in [1.29, 1.82) is 0 Å². The average molecular weight is 305 g/mol. The van der Waals surface area contributed by atoms with Crippen molar-refractivity contribution in [3.63, 3.8) is 0 Å². The Balaban J connectivity index is 1.68. The van der Waals surface area contributed by atoms with E-state index in [1.54, 1.807) is 0 Å². The van der Waals surface area contributed by atoms with Crippen LogP contribution < -0.4 is 0 Å². The van der Waals surface area contributed by atoms with Crippen molar-refractivity contribution in [3.8, 4) is 0 Å². The van der Waals surface area contributed by atoms with Gasteiger partial charge in [-0.15, -0.1) is 0 Å². The summed E-state index contributed by atoms with van der Waals surface area (Å²) in [5, 5.41) is 9.55. The lowest BCUT2D eigenvalue weighted by atomic mass is 9.75. The zero-order chi connectivity index (χ0) is 15.6. The molecule has 0 unspecified atom stereocenters. The molecule has 0 radical (unpaired) electrons. The SMILES string of the molecule is O=C(OCc1ccccc1)N1CCC[C@@]2(C(=O)O)COC[C@H]12. The van der Waals surface area contributed by atoms with E-state index in [0.29, 0.717) is 19.4 Å². The number of rotatable bonds is 3. The third-order valence-electron chi connectivity index (χ3n) is 4.54. The first kappa shape index (κ1) is 14.8. The van der Waals surface area contributed by atoms with Crippen LogP contribution in [0.3, 0.4) is 0 Å². The highest BCUT2D eigenvalue weighted by atomic mass is 16.6. The number of amides is 1. The first-order chi connectivity index (χ1) is 10.6. The molecule has 118 valence electrons. The monoisotopic (exact) mass is 305 g/mol. The van der Waals surface area contributed by atoms with Crippen LogP contribution in [-0.2, 0) is 20.9 Å². The topological polar surface area (TPSA) is 76.1 Å². The van der Waals surface area contributed by atoms with Crippen molar-refractivity contribution >= 4 is 12.1 Å². The van der Waals surface area contributed by atoms with Gasteiger partial charge < -0.3 is 19.5 Å². The van der Waals surface area contributed by atoms with Crippen molar-refractivity contribution in [1.82, 2.24) is 4.90 Å². The Morgan fingerprint density at radius 1 is 1.36 bits per heavy atom. The number of hydrogen-bond acceptors (Lipinski definition) is 4. The number of fused-ring (bicyclic) bond motifs is 1. The smallest absolute Gasteiger partial charge is 0.410 e. The molecule has 2 heterocycles. The number of nitrogens with zero attached hydrogens (tertiary/aromatic N) is 1. The van der Waals surface area contributed by atoms with Gasteiger partial charge in [-0.05, 0) is 18.4 Å². The minimum absolute atomic E-state index is 0.162. The maximum absolute atomic E-state index is 12.3. The van der Waals surface area contributed by atoms with E-state index in [1.807, 2.05) is 30.3 Å². The molecule has 2 atom stereocenters. The third-order valence-corrected chi connectivity index (χ3v) is 4.54. The molecule has 0 spiro atoms. The summed E-state index contributed by atoms with van der Waals surface area (Å²) in [5.74, 6) is -0.893. The van der Waals surface area contributed by atoms with E-state index in [9.17, 15) is 14.7 Å². The highest BCUT2D eigenvalue weighted by molar-refractivity contribution is 5.78. The summed E-state index contributed by atoms with van der Waals surface area (Å²) in [7, 11) is 0. The average Bonchev–Trinajstić information content (AvgIpc) is 2.99. The molecule has 22 heavy (non-hydrogen) atoms. The van der Waals surface area contributed by atoms with Gasteiger partial charge >= 0.3 is 12.1 Å². The summed E-state index contributed by atoms with van der Waals surface area (Å²) in [6.07, 6.45) is 0.715. The second-order valence-electron chi connectivity index (χ2n) is 5.83. The van der Waals surface area contributed by atoms with E-state index >= 15 is 0 Å². The predicted octanol–water partition coefficient (Wildman–Crippen LogP) is 1.89. The van der Waals surface area contributed by atoms with Gasteiger partial charge in [-0.2, -0.15) is 0 Å². The van der Waals surface area contributed by atoms with E-state index in [2.05, 4.69) is 0 Å². The highest BCUT2D eigenvalue weighted by Crippen LogP contribution is 2.41. The second-order valence-corrected chi connectivity index (χ2v) is 5.83. The summed E-state index contributed by atoms with van der Waals surface area (Å²) in [5.41, 5.74) is -0.0793. The minimum Gasteiger partial charge on any atom is -0.481 e. The van der Waals surface area contributed by atoms with Gasteiger partial charge in [-0.1, -0.05) is 30.3 Å². The van der Waals surface area contributed by atoms with Crippen molar-refractivity contribution < 1.29 is 24.2 Å². The fourth-order valence-corrected chi connectivity index (χ4v) is 3.29. The third kappa shape index (κ3) is 2.54. The number of carboxylic acid groups (broad SMARTS) is 1. The summed E-state index contributed by atoms with van der Waals surface area (Å²) in [6, 6.07) is 8.97. The van der Waals surface area contributed by atoms with Crippen LogP contribution in [0.2, 0.25) is 0 Å². The van der Waals surface area contributed by atoms with Gasteiger partial charge in [-0.3, -0.25) is 4.79 Å². The highest BCUT2D eigenvalue weighted by Gasteiger charge is 2.56. The molecule has 2 aliphatic heterocycles. The lowest BCUT2D eigenvalue weighted by Gasteiger charge is -2.41. The second kappa shape index (κ2) is 5.96. The number of aliphatic carboxylic acids is 1. The van der Waals surface area contributed by atoms with Gasteiger partial charge in [0.05, 0.1) is 19.3 Å². The molecule has 2 saturated heterocycles. The van der Waals surface area contributed by atoms with Crippen molar-refractivity contribution in [2.24, 2.45) is 5.41 Å². The van der Waals surface area contributed by atoms with Gasteiger partial charge in [0.2, 0.25) is 0 Å². The summed E-state index contributed by atoms with van der Waals surface area (Å²) < 4.78 is 10.7. The molecule has 1 N–H and O–H groups in total. The van der Waals surface area contributed by atoms with E-state index in [4.69, 9.17) is 9.47 Å². The van der Waals surface area contributed by atoms with E-state index in [1.165, 1.54) is 4.90 Å². The Hall–Kier alpha value is -2.08. The van der Waals surface area contributed by atoms with Gasteiger partial charge in [0, 0.05) is 6.54 Å². The molecule has 0 bridgehead atoms. The van der Waals surface area contributed by atoms with Crippen LogP contribution in [0.4, 0.5) is 4.79 Å². The van der Waals surface area contributed by atoms with Crippen LogP contribution in [0.5, 0.6) is 0 Å². The first-order valence-electron chi connectivity index (χ1n) is 7.42. The fraction of sp³-hybridized carbons (Fsp3) is 0.500. The van der Waals surface area contributed by atoms with Crippen molar-refractivity contribution in [3.05, 3.63) is 35.9 Å². The van der Waals surface area contributed by atoms with Crippen LogP contribution in [0, 0.1) is 5.41 Å². The molecule has 2 fully saturated rings. The number of hydrogen-bond donors (Lipinski definition) is 1. The Bertz CT molecular complexity index is 561. The number of likely N-dealkylation sites (tertiary alicyclic amines) is 1. The lowest BCUT2D eigenvalue weighted by Crippen LogP contribution is -2.57. The number of carboxylic acids is 1. The first-order valence-corrected chi connectivity index (χ1v) is 7.42. The van der Waals surface area contributed by atoms with Crippen LogP contribution in [0.1, 0.15) is 18.4 Å². The molecule has 2 aliphatic rings. The van der Waals surface area contributed by atoms with Crippen LogP contribution in [-0.4, -0.2) is 47.9 Å². The number of benzene rings is 1. The Morgan fingerprint density at radius 2 is 2.14 bits per heavy atom. The molecular formula is C16H19NO5. The molecule has 1 amide bonds. The summed E-state index contributed by atoms with van der Waals surface area (Å²) in [6.45, 7) is 1.11. The number of carbonyl (C=O) groups is 2. The maximum Gasteiger partial charge on any atom is 0.410 e. The number of ether oxygens (including phenoxy) is 2. The Morgan fingerprint density at radius 3 is 2.86 bits per heavy atom. The fourth-order valence-electron chi connectivity index (χ4n) is 3.29. The number of carbonyl (C=O) groups excluding carboxylic acids is 1. The van der Waals surface area contributed by atoms with Crippen LogP contribution in [0.15, 0.2) is 30.3 Å². The maximum atomic E-state index is 12.3. The van der Waals surface area contributed by atoms with E-state index in [-0.39, 0.29) is 19.8 Å². The molecule has 6 heteroatoms. The molecule has 1 aromatic rings. The van der Waals surface area contributed by atoms with Gasteiger partial charge in [0.15, 0.2) is 0 Å². The Labute approximate surface area is 128 Å². The largest absolute Gasteiger partial charge is 0.481 e. The zero-order valence-electron chi connectivity index (χ0n) is 12.2. The minimum atomic E-state index is -0.982. The van der Waals surface area contributed by atoms with Crippen LogP contribution >= 0.6 is 0 Å². The molecular weight excluding hydrogens is 286 g/mol. The normalized spacial score (nSPS) is 27.3. The van der Waals surface area contributed by atoms with E-state index < -0.39 is 23.5 Å². The van der Waals surface area contributed by atoms with Crippen molar-refractivity contribution in [2.75, 3.05) is 19.8 Å². The lowest BCUT2D eigenvalue weighted by molar-refractivity contribution is -0.153. The Kier molecular flexibility index (Phi) is 4.02. The molecule has 1 aromatic carbocycles. The number of piperidine rings is 1. The molecule has 0 aromatic heterocycles. The van der Waals surface area contributed by atoms with Crippen molar-refractivity contribution in [2.45, 2.75) is 25.5 Å².